The molecule has 1 aromatic carbocycles. The number of methoxy groups -OCH3 is 1. The van der Waals surface area contributed by atoms with Gasteiger partial charge in [-0.15, -0.1) is 0 Å². The predicted molar refractivity (Wildman–Crippen MR) is 73.0 cm³/mol. The average Bonchev–Trinajstić information content (AvgIpc) is 2.43. The topological polar surface area (TPSA) is 67.4 Å². The standard InChI is InChI=1S/C14H20N2O3/c1-3-8-15-14(18)10-16-13(17)9-11-4-6-12(19-2)7-5-11/h4-7H,3,8-10H2,1-2H3,(H,15,18)(H,16,17). The Hall–Kier alpha value is -2.04. The first kappa shape index (κ1) is 15.0. The Kier molecular flexibility index (Phi) is 6.43. The summed E-state index contributed by atoms with van der Waals surface area (Å²) >= 11 is 0. The van der Waals surface area contributed by atoms with Crippen molar-refractivity contribution < 1.29 is 14.3 Å². The lowest BCUT2D eigenvalue weighted by molar-refractivity contribution is -0.125. The highest BCUT2D eigenvalue weighted by Gasteiger charge is 2.06. The minimum Gasteiger partial charge on any atom is -0.497 e. The Morgan fingerprint density at radius 1 is 1.11 bits per heavy atom. The van der Waals surface area contributed by atoms with E-state index in [1.165, 1.54) is 0 Å². The summed E-state index contributed by atoms with van der Waals surface area (Å²) in [4.78, 5) is 22.9. The van der Waals surface area contributed by atoms with E-state index in [0.717, 1.165) is 17.7 Å². The summed E-state index contributed by atoms with van der Waals surface area (Å²) in [7, 11) is 1.59. The average molecular weight is 264 g/mol. The molecule has 0 saturated heterocycles. The van der Waals surface area contributed by atoms with Crippen LogP contribution in [0.5, 0.6) is 5.75 Å². The highest BCUT2D eigenvalue weighted by atomic mass is 16.5. The molecule has 2 N–H and O–H groups in total. The number of ether oxygens (including phenoxy) is 1. The van der Waals surface area contributed by atoms with Gasteiger partial charge in [-0.2, -0.15) is 0 Å². The molecular weight excluding hydrogens is 244 g/mol. The van der Waals surface area contributed by atoms with Crippen molar-refractivity contribution in [2.75, 3.05) is 20.2 Å². The summed E-state index contributed by atoms with van der Waals surface area (Å²) in [5.74, 6) is 0.421. The lowest BCUT2D eigenvalue weighted by Crippen LogP contribution is -2.37. The second-order valence-corrected chi connectivity index (χ2v) is 4.15. The quantitative estimate of drug-likeness (QED) is 0.768. The van der Waals surface area contributed by atoms with Crippen LogP contribution < -0.4 is 15.4 Å². The van der Waals surface area contributed by atoms with E-state index in [1.54, 1.807) is 19.2 Å². The fraction of sp³-hybridized carbons (Fsp3) is 0.429. The van der Waals surface area contributed by atoms with Gasteiger partial charge in [0.25, 0.3) is 0 Å². The summed E-state index contributed by atoms with van der Waals surface area (Å²) < 4.78 is 5.04. The SMILES string of the molecule is CCCNC(=O)CNC(=O)Cc1ccc(OC)cc1. The first-order chi connectivity index (χ1) is 9.15. The Morgan fingerprint density at radius 2 is 1.79 bits per heavy atom. The molecule has 0 saturated carbocycles. The fourth-order valence-electron chi connectivity index (χ4n) is 1.50. The van der Waals surface area contributed by atoms with Crippen LogP contribution in [0.1, 0.15) is 18.9 Å². The molecule has 0 aromatic heterocycles. The maximum Gasteiger partial charge on any atom is 0.239 e. The largest absolute Gasteiger partial charge is 0.497 e. The summed E-state index contributed by atoms with van der Waals surface area (Å²) in [6.45, 7) is 2.63. The van der Waals surface area contributed by atoms with Crippen LogP contribution in [-0.4, -0.2) is 32.0 Å². The van der Waals surface area contributed by atoms with Gasteiger partial charge < -0.3 is 15.4 Å². The molecule has 0 aliphatic carbocycles. The van der Waals surface area contributed by atoms with Crippen LogP contribution in [0.15, 0.2) is 24.3 Å². The van der Waals surface area contributed by atoms with E-state index >= 15 is 0 Å². The van der Waals surface area contributed by atoms with Crippen molar-refractivity contribution in [1.82, 2.24) is 10.6 Å². The third kappa shape index (κ3) is 5.90. The van der Waals surface area contributed by atoms with E-state index in [-0.39, 0.29) is 24.8 Å². The van der Waals surface area contributed by atoms with Gasteiger partial charge in [-0.3, -0.25) is 9.59 Å². The van der Waals surface area contributed by atoms with Crippen LogP contribution in [-0.2, 0) is 16.0 Å². The molecule has 104 valence electrons. The third-order valence-electron chi connectivity index (χ3n) is 2.54. The number of hydrogen-bond acceptors (Lipinski definition) is 3. The normalized spacial score (nSPS) is 9.79. The van der Waals surface area contributed by atoms with Gasteiger partial charge >= 0.3 is 0 Å². The van der Waals surface area contributed by atoms with E-state index in [0.29, 0.717) is 6.54 Å². The van der Waals surface area contributed by atoms with Gasteiger partial charge in [-0.05, 0) is 24.1 Å². The Bertz CT molecular complexity index is 415. The van der Waals surface area contributed by atoms with E-state index in [4.69, 9.17) is 4.74 Å². The number of amides is 2. The van der Waals surface area contributed by atoms with Gasteiger partial charge in [-0.1, -0.05) is 19.1 Å². The van der Waals surface area contributed by atoms with Crippen molar-refractivity contribution in [3.63, 3.8) is 0 Å². The van der Waals surface area contributed by atoms with Crippen molar-refractivity contribution in [2.45, 2.75) is 19.8 Å². The highest BCUT2D eigenvalue weighted by Crippen LogP contribution is 2.11. The lowest BCUT2D eigenvalue weighted by Gasteiger charge is -2.06. The molecule has 1 rings (SSSR count). The molecule has 0 radical (unpaired) electrons. The molecule has 0 bridgehead atoms. The summed E-state index contributed by atoms with van der Waals surface area (Å²) in [6, 6.07) is 7.26. The second-order valence-electron chi connectivity index (χ2n) is 4.15. The molecule has 19 heavy (non-hydrogen) atoms. The van der Waals surface area contributed by atoms with Crippen molar-refractivity contribution in [3.05, 3.63) is 29.8 Å². The minimum atomic E-state index is -0.170. The minimum absolute atomic E-state index is 0.0228. The number of hydrogen-bond donors (Lipinski definition) is 2. The molecule has 0 spiro atoms. The monoisotopic (exact) mass is 264 g/mol. The van der Waals surface area contributed by atoms with Crippen molar-refractivity contribution in [1.29, 1.82) is 0 Å². The summed E-state index contributed by atoms with van der Waals surface area (Å²) in [6.07, 6.45) is 1.14. The van der Waals surface area contributed by atoms with Gasteiger partial charge in [0, 0.05) is 6.54 Å². The molecule has 0 fully saturated rings. The highest BCUT2D eigenvalue weighted by molar-refractivity contribution is 5.85. The zero-order valence-electron chi connectivity index (χ0n) is 11.4. The van der Waals surface area contributed by atoms with E-state index in [1.807, 2.05) is 19.1 Å². The number of rotatable bonds is 7. The van der Waals surface area contributed by atoms with Crippen LogP contribution in [0.2, 0.25) is 0 Å². The summed E-state index contributed by atoms with van der Waals surface area (Å²) in [5, 5.41) is 5.28. The van der Waals surface area contributed by atoms with Gasteiger partial charge in [0.05, 0.1) is 20.1 Å². The maximum absolute atomic E-state index is 11.6. The zero-order chi connectivity index (χ0) is 14.1. The number of nitrogens with one attached hydrogen (secondary N) is 2. The van der Waals surface area contributed by atoms with Crippen LogP contribution >= 0.6 is 0 Å². The second kappa shape index (κ2) is 8.13. The number of carbonyl (C=O) groups excluding carboxylic acids is 2. The van der Waals surface area contributed by atoms with Crippen LogP contribution in [0, 0.1) is 0 Å². The Labute approximate surface area is 113 Å². The van der Waals surface area contributed by atoms with E-state index in [9.17, 15) is 9.59 Å². The first-order valence-electron chi connectivity index (χ1n) is 6.32. The molecule has 5 nitrogen and oxygen atoms in total. The van der Waals surface area contributed by atoms with Crippen molar-refractivity contribution in [3.8, 4) is 5.75 Å². The number of benzene rings is 1. The number of carbonyl (C=O) groups is 2. The molecule has 0 aliphatic rings. The van der Waals surface area contributed by atoms with Crippen molar-refractivity contribution >= 4 is 11.8 Å². The Morgan fingerprint density at radius 3 is 2.37 bits per heavy atom. The van der Waals surface area contributed by atoms with Gasteiger partial charge in [0.1, 0.15) is 5.75 Å². The third-order valence-corrected chi connectivity index (χ3v) is 2.54. The molecule has 0 atom stereocenters. The van der Waals surface area contributed by atoms with Crippen LogP contribution in [0.25, 0.3) is 0 Å². The molecule has 1 aromatic rings. The predicted octanol–water partition coefficient (Wildman–Crippen LogP) is 0.880. The molecule has 2 amide bonds. The van der Waals surface area contributed by atoms with Crippen LogP contribution in [0.4, 0.5) is 0 Å². The Balaban J connectivity index is 2.32. The molecule has 0 aliphatic heterocycles. The van der Waals surface area contributed by atoms with E-state index < -0.39 is 0 Å². The smallest absolute Gasteiger partial charge is 0.239 e. The molecular formula is C14H20N2O3. The van der Waals surface area contributed by atoms with E-state index in [2.05, 4.69) is 10.6 Å². The van der Waals surface area contributed by atoms with Gasteiger partial charge in [0.15, 0.2) is 0 Å². The van der Waals surface area contributed by atoms with Gasteiger partial charge in [-0.25, -0.2) is 0 Å². The molecule has 0 heterocycles. The lowest BCUT2D eigenvalue weighted by atomic mass is 10.1. The first-order valence-corrected chi connectivity index (χ1v) is 6.32. The zero-order valence-corrected chi connectivity index (χ0v) is 11.4. The molecule has 0 unspecified atom stereocenters. The van der Waals surface area contributed by atoms with Gasteiger partial charge in [0.2, 0.25) is 11.8 Å². The fourth-order valence-corrected chi connectivity index (χ4v) is 1.50. The van der Waals surface area contributed by atoms with Crippen molar-refractivity contribution in [2.24, 2.45) is 0 Å². The molecule has 5 heteroatoms. The van der Waals surface area contributed by atoms with Crippen LogP contribution in [0.3, 0.4) is 0 Å². The summed E-state index contributed by atoms with van der Waals surface area (Å²) in [5.41, 5.74) is 0.882. The maximum atomic E-state index is 11.6.